The molecule has 0 atom stereocenters. The number of aliphatic hydroxyl groups is 1. The molecule has 0 aliphatic carbocycles. The van der Waals surface area contributed by atoms with Crippen LogP contribution in [0.25, 0.3) is 27.8 Å². The summed E-state index contributed by atoms with van der Waals surface area (Å²) in [6.45, 7) is 1.99. The Hall–Kier alpha value is -3.51. The molecule has 0 saturated heterocycles. The Morgan fingerprint density at radius 2 is 2.00 bits per heavy atom. The number of rotatable bonds is 6. The van der Waals surface area contributed by atoms with Crippen LogP contribution in [0.3, 0.4) is 0 Å². The summed E-state index contributed by atoms with van der Waals surface area (Å²) >= 11 is 0. The lowest BCUT2D eigenvalue weighted by Crippen LogP contribution is -2.00. The number of pyridine rings is 1. The van der Waals surface area contributed by atoms with Crippen LogP contribution < -0.4 is 0 Å². The van der Waals surface area contributed by atoms with Crippen molar-refractivity contribution >= 4 is 16.7 Å². The van der Waals surface area contributed by atoms with E-state index in [4.69, 9.17) is 9.94 Å². The molecule has 0 spiro atoms. The van der Waals surface area contributed by atoms with Gasteiger partial charge in [-0.1, -0.05) is 29.4 Å². The first-order valence-corrected chi connectivity index (χ1v) is 9.02. The third-order valence-corrected chi connectivity index (χ3v) is 4.47. The molecular formula is C22H20N4O2. The average molecular weight is 372 g/mol. The number of imidazole rings is 1. The van der Waals surface area contributed by atoms with Crippen molar-refractivity contribution in [2.45, 2.75) is 6.92 Å². The largest absolute Gasteiger partial charge is 0.393 e. The van der Waals surface area contributed by atoms with E-state index in [1.165, 1.54) is 0 Å². The van der Waals surface area contributed by atoms with E-state index in [0.29, 0.717) is 0 Å². The van der Waals surface area contributed by atoms with Crippen molar-refractivity contribution in [3.63, 3.8) is 0 Å². The zero-order valence-corrected chi connectivity index (χ0v) is 15.5. The van der Waals surface area contributed by atoms with Crippen LogP contribution in [0.4, 0.5) is 0 Å². The van der Waals surface area contributed by atoms with E-state index in [-0.39, 0.29) is 13.2 Å². The Morgan fingerprint density at radius 3 is 2.82 bits per heavy atom. The summed E-state index contributed by atoms with van der Waals surface area (Å²) in [7, 11) is 0. The van der Waals surface area contributed by atoms with Gasteiger partial charge < -0.3 is 9.94 Å². The Bertz CT molecular complexity index is 1120. The van der Waals surface area contributed by atoms with Crippen LogP contribution in [0.5, 0.6) is 0 Å². The van der Waals surface area contributed by atoms with Crippen LogP contribution in [0.15, 0.2) is 78.5 Å². The first kappa shape index (κ1) is 17.9. The van der Waals surface area contributed by atoms with Crippen molar-refractivity contribution in [2.24, 2.45) is 5.16 Å². The highest BCUT2D eigenvalue weighted by atomic mass is 16.6. The predicted molar refractivity (Wildman–Crippen MR) is 110 cm³/mol. The van der Waals surface area contributed by atoms with Crippen LogP contribution in [-0.2, 0) is 4.84 Å². The number of hydrogen-bond acceptors (Lipinski definition) is 5. The van der Waals surface area contributed by atoms with Gasteiger partial charge in [0.25, 0.3) is 0 Å². The molecule has 0 saturated carbocycles. The van der Waals surface area contributed by atoms with Gasteiger partial charge in [0.2, 0.25) is 0 Å². The SMILES string of the molecule is C/C(=N\OCCO)c1ccc2c(c1)ncn2-c1cccc(-c2cccnc2)c1. The standard InChI is InChI=1S/C22H20N4O2/c1-16(25-28-11-10-27)17-7-8-22-21(13-17)24-15-26(22)20-6-2-4-18(12-20)19-5-3-9-23-14-19/h2-9,12-15,27H,10-11H2,1H3/b25-16+. The maximum Gasteiger partial charge on any atom is 0.140 e. The normalized spacial score (nSPS) is 11.7. The third-order valence-electron chi connectivity index (χ3n) is 4.47. The highest BCUT2D eigenvalue weighted by molar-refractivity contribution is 6.01. The molecule has 6 nitrogen and oxygen atoms in total. The van der Waals surface area contributed by atoms with Crippen molar-refractivity contribution in [3.05, 3.63) is 78.9 Å². The second kappa shape index (κ2) is 8.02. The molecule has 4 aromatic rings. The van der Waals surface area contributed by atoms with Gasteiger partial charge >= 0.3 is 0 Å². The highest BCUT2D eigenvalue weighted by Crippen LogP contribution is 2.24. The van der Waals surface area contributed by atoms with Crippen molar-refractivity contribution in [2.75, 3.05) is 13.2 Å². The van der Waals surface area contributed by atoms with Crippen LogP contribution in [-0.4, -0.2) is 38.6 Å². The monoisotopic (exact) mass is 372 g/mol. The van der Waals surface area contributed by atoms with Gasteiger partial charge in [-0.2, -0.15) is 0 Å². The zero-order chi connectivity index (χ0) is 19.3. The predicted octanol–water partition coefficient (Wildman–Crippen LogP) is 3.82. The van der Waals surface area contributed by atoms with Gasteiger partial charge in [-0.25, -0.2) is 4.98 Å². The first-order chi connectivity index (χ1) is 13.8. The van der Waals surface area contributed by atoms with E-state index in [0.717, 1.165) is 39.1 Å². The second-order valence-corrected chi connectivity index (χ2v) is 6.34. The molecule has 0 bridgehead atoms. The van der Waals surface area contributed by atoms with Gasteiger partial charge in [0.05, 0.1) is 23.4 Å². The smallest absolute Gasteiger partial charge is 0.140 e. The minimum absolute atomic E-state index is 0.0572. The average Bonchev–Trinajstić information content (AvgIpc) is 3.18. The molecule has 4 rings (SSSR count). The number of fused-ring (bicyclic) bond motifs is 1. The lowest BCUT2D eigenvalue weighted by Gasteiger charge is -2.08. The lowest BCUT2D eigenvalue weighted by atomic mass is 10.1. The van der Waals surface area contributed by atoms with Crippen molar-refractivity contribution in [1.29, 1.82) is 0 Å². The number of oxime groups is 1. The molecule has 1 N–H and O–H groups in total. The van der Waals surface area contributed by atoms with Gasteiger partial charge in [0.15, 0.2) is 0 Å². The van der Waals surface area contributed by atoms with Crippen LogP contribution >= 0.6 is 0 Å². The fourth-order valence-corrected chi connectivity index (χ4v) is 3.05. The van der Waals surface area contributed by atoms with Gasteiger partial charge in [-0.05, 0) is 42.8 Å². The molecule has 0 aliphatic heterocycles. The number of aliphatic hydroxyl groups excluding tert-OH is 1. The quantitative estimate of drug-likeness (QED) is 0.317. The molecule has 28 heavy (non-hydrogen) atoms. The second-order valence-electron chi connectivity index (χ2n) is 6.34. The maximum absolute atomic E-state index is 8.78. The number of aromatic nitrogens is 3. The Kier molecular flexibility index (Phi) is 5.12. The molecular weight excluding hydrogens is 352 g/mol. The maximum atomic E-state index is 8.78. The van der Waals surface area contributed by atoms with E-state index in [1.807, 2.05) is 55.8 Å². The van der Waals surface area contributed by atoms with Crippen LogP contribution in [0.2, 0.25) is 0 Å². The van der Waals surface area contributed by atoms with Crippen molar-refractivity contribution in [3.8, 4) is 16.8 Å². The molecule has 0 unspecified atom stereocenters. The van der Waals surface area contributed by atoms with Gasteiger partial charge in [0.1, 0.15) is 12.9 Å². The molecule has 0 aliphatic rings. The minimum atomic E-state index is -0.0572. The number of hydrogen-bond donors (Lipinski definition) is 1. The van der Waals surface area contributed by atoms with Crippen LogP contribution in [0, 0.1) is 0 Å². The summed E-state index contributed by atoms with van der Waals surface area (Å²) < 4.78 is 2.06. The fraction of sp³-hybridized carbons (Fsp3) is 0.136. The molecule has 0 amide bonds. The van der Waals surface area contributed by atoms with Gasteiger partial charge in [-0.15, -0.1) is 0 Å². The summed E-state index contributed by atoms with van der Waals surface area (Å²) in [6.07, 6.45) is 5.46. The Morgan fingerprint density at radius 1 is 1.11 bits per heavy atom. The highest BCUT2D eigenvalue weighted by Gasteiger charge is 2.08. The minimum Gasteiger partial charge on any atom is -0.393 e. The zero-order valence-electron chi connectivity index (χ0n) is 15.5. The number of benzene rings is 2. The van der Waals surface area contributed by atoms with E-state index < -0.39 is 0 Å². The molecule has 2 heterocycles. The first-order valence-electron chi connectivity index (χ1n) is 9.02. The van der Waals surface area contributed by atoms with Crippen LogP contribution in [0.1, 0.15) is 12.5 Å². The summed E-state index contributed by atoms with van der Waals surface area (Å²) in [5.74, 6) is 0. The topological polar surface area (TPSA) is 72.5 Å². The van der Waals surface area contributed by atoms with E-state index in [2.05, 4.69) is 37.9 Å². The Labute approximate surface area is 162 Å². The molecule has 0 radical (unpaired) electrons. The third kappa shape index (κ3) is 3.63. The fourth-order valence-electron chi connectivity index (χ4n) is 3.05. The molecule has 2 aromatic carbocycles. The van der Waals surface area contributed by atoms with Gasteiger partial charge in [-0.3, -0.25) is 9.55 Å². The number of nitrogens with zero attached hydrogens (tertiary/aromatic N) is 4. The summed E-state index contributed by atoms with van der Waals surface area (Å²) in [5, 5.41) is 12.8. The summed E-state index contributed by atoms with van der Waals surface area (Å²) in [5.41, 5.74) is 6.77. The molecule has 0 fully saturated rings. The summed E-state index contributed by atoms with van der Waals surface area (Å²) in [4.78, 5) is 13.8. The van der Waals surface area contributed by atoms with Gasteiger partial charge in [0, 0.05) is 29.2 Å². The van der Waals surface area contributed by atoms with E-state index in [9.17, 15) is 0 Å². The van der Waals surface area contributed by atoms with E-state index in [1.54, 1.807) is 6.20 Å². The molecule has 6 heteroatoms. The van der Waals surface area contributed by atoms with Crippen molar-refractivity contribution in [1.82, 2.24) is 14.5 Å². The Balaban J connectivity index is 1.68. The molecule has 140 valence electrons. The lowest BCUT2D eigenvalue weighted by molar-refractivity contribution is 0.0986. The molecule has 2 aromatic heterocycles. The summed E-state index contributed by atoms with van der Waals surface area (Å²) in [6, 6.07) is 18.3. The van der Waals surface area contributed by atoms with Crippen molar-refractivity contribution < 1.29 is 9.94 Å². The van der Waals surface area contributed by atoms with E-state index >= 15 is 0 Å².